The first-order valence-corrected chi connectivity index (χ1v) is 15.1. The molecular weight excluding hydrogens is 512 g/mol. The van der Waals surface area contributed by atoms with E-state index in [4.69, 9.17) is 14.7 Å². The van der Waals surface area contributed by atoms with Crippen LogP contribution in [-0.2, 0) is 27.7 Å². The van der Waals surface area contributed by atoms with Crippen LogP contribution in [0.1, 0.15) is 41.5 Å². The van der Waals surface area contributed by atoms with E-state index in [1.54, 1.807) is 6.07 Å². The molecule has 10 heteroatoms. The van der Waals surface area contributed by atoms with Crippen molar-refractivity contribution in [3.8, 4) is 5.95 Å². The summed E-state index contributed by atoms with van der Waals surface area (Å²) in [5, 5.41) is 4.37. The van der Waals surface area contributed by atoms with Crippen LogP contribution in [0.2, 0.25) is 0 Å². The standard InChI is InChI=1S/C29H36N6O3S/c1-20-18-23-24(33-39(4,36)37)13-9-14-25(23)35(20)29-31-27-22(12-8-15-26(27)38-17-16-34(2)3)28(32-29)30-19-21-10-6-5-7-11-21/h5-7,9-11,13-14,18,26,33H,8,12,15-17,19H2,1-4H3,(H,30,31,32)/t26-/m0/s1. The zero-order valence-corrected chi connectivity index (χ0v) is 23.8. The van der Waals surface area contributed by atoms with Crippen molar-refractivity contribution < 1.29 is 13.2 Å². The number of fused-ring (bicyclic) bond motifs is 2. The van der Waals surface area contributed by atoms with Crippen molar-refractivity contribution >= 4 is 32.4 Å². The second kappa shape index (κ2) is 11.3. The molecule has 1 aliphatic rings. The topological polar surface area (TPSA) is 101 Å². The number of sulfonamides is 1. The Kier molecular flexibility index (Phi) is 7.88. The van der Waals surface area contributed by atoms with Crippen LogP contribution >= 0.6 is 0 Å². The van der Waals surface area contributed by atoms with E-state index in [9.17, 15) is 8.42 Å². The molecule has 0 amide bonds. The number of nitrogens with zero attached hydrogens (tertiary/aromatic N) is 4. The lowest BCUT2D eigenvalue weighted by molar-refractivity contribution is 0.0296. The number of anilines is 2. The Labute approximate surface area is 230 Å². The summed E-state index contributed by atoms with van der Waals surface area (Å²) in [6, 6.07) is 17.8. The second-order valence-corrected chi connectivity index (χ2v) is 12.1. The Hall–Kier alpha value is -3.47. The van der Waals surface area contributed by atoms with Crippen LogP contribution in [0.3, 0.4) is 0 Å². The molecule has 1 atom stereocenters. The van der Waals surface area contributed by atoms with Gasteiger partial charge in [0.15, 0.2) is 0 Å². The lowest BCUT2D eigenvalue weighted by Gasteiger charge is -2.27. The maximum absolute atomic E-state index is 12.0. The third-order valence-corrected chi connectivity index (χ3v) is 7.50. The van der Waals surface area contributed by atoms with Gasteiger partial charge < -0.3 is 15.0 Å². The predicted molar refractivity (Wildman–Crippen MR) is 156 cm³/mol. The highest BCUT2D eigenvalue weighted by Gasteiger charge is 2.28. The van der Waals surface area contributed by atoms with Crippen LogP contribution in [0, 0.1) is 6.92 Å². The number of hydrogen-bond donors (Lipinski definition) is 2. The van der Waals surface area contributed by atoms with Crippen molar-refractivity contribution in [3.05, 3.63) is 77.1 Å². The third-order valence-electron chi connectivity index (χ3n) is 6.91. The Morgan fingerprint density at radius 2 is 1.90 bits per heavy atom. The van der Waals surface area contributed by atoms with E-state index in [-0.39, 0.29) is 6.10 Å². The van der Waals surface area contributed by atoms with Crippen LogP contribution < -0.4 is 10.0 Å². The summed E-state index contributed by atoms with van der Waals surface area (Å²) in [6.07, 6.45) is 3.84. The van der Waals surface area contributed by atoms with Crippen molar-refractivity contribution in [3.63, 3.8) is 0 Å². The highest BCUT2D eigenvalue weighted by molar-refractivity contribution is 7.92. The van der Waals surface area contributed by atoms with Crippen molar-refractivity contribution in [1.29, 1.82) is 0 Å². The number of aromatic nitrogens is 3. The van der Waals surface area contributed by atoms with Crippen LogP contribution in [0.4, 0.5) is 11.5 Å². The minimum absolute atomic E-state index is 0.114. The number of likely N-dealkylation sites (N-methyl/N-ethyl adjacent to an activating group) is 1. The minimum atomic E-state index is -3.43. The van der Waals surface area contributed by atoms with E-state index in [2.05, 4.69) is 27.1 Å². The van der Waals surface area contributed by atoms with Crippen LogP contribution in [0.15, 0.2) is 54.6 Å². The average molecular weight is 549 g/mol. The number of ether oxygens (including phenoxy) is 1. The Morgan fingerprint density at radius 3 is 2.64 bits per heavy atom. The summed E-state index contributed by atoms with van der Waals surface area (Å²) in [5.41, 5.74) is 5.46. The number of rotatable bonds is 10. The van der Waals surface area contributed by atoms with Crippen molar-refractivity contribution in [2.24, 2.45) is 0 Å². The smallest absolute Gasteiger partial charge is 0.236 e. The zero-order valence-electron chi connectivity index (χ0n) is 22.9. The fourth-order valence-corrected chi connectivity index (χ4v) is 5.67. The summed E-state index contributed by atoms with van der Waals surface area (Å²) in [4.78, 5) is 12.3. The molecule has 2 heterocycles. The summed E-state index contributed by atoms with van der Waals surface area (Å²) in [7, 11) is 0.645. The molecule has 4 aromatic rings. The van der Waals surface area contributed by atoms with Crippen molar-refractivity contribution in [1.82, 2.24) is 19.4 Å². The van der Waals surface area contributed by atoms with Gasteiger partial charge in [-0.25, -0.2) is 13.4 Å². The van der Waals surface area contributed by atoms with Gasteiger partial charge in [0.2, 0.25) is 16.0 Å². The highest BCUT2D eigenvalue weighted by atomic mass is 32.2. The molecule has 0 spiro atoms. The van der Waals surface area contributed by atoms with Gasteiger partial charge >= 0.3 is 0 Å². The lowest BCUT2D eigenvalue weighted by Crippen LogP contribution is -2.24. The van der Waals surface area contributed by atoms with Gasteiger partial charge in [-0.05, 0) is 64.0 Å². The molecule has 0 aliphatic heterocycles. The lowest BCUT2D eigenvalue weighted by atomic mass is 9.93. The quantitative estimate of drug-likeness (QED) is 0.297. The van der Waals surface area contributed by atoms with E-state index < -0.39 is 10.0 Å². The molecule has 2 aromatic heterocycles. The number of hydrogen-bond acceptors (Lipinski definition) is 7. The molecule has 0 unspecified atom stereocenters. The van der Waals surface area contributed by atoms with Gasteiger partial charge in [-0.15, -0.1) is 0 Å². The number of benzene rings is 2. The Balaban J connectivity index is 1.60. The molecule has 2 aromatic carbocycles. The molecule has 2 N–H and O–H groups in total. The largest absolute Gasteiger partial charge is 0.371 e. The monoisotopic (exact) mass is 548 g/mol. The molecule has 0 bridgehead atoms. The zero-order chi connectivity index (χ0) is 27.6. The molecule has 1 aliphatic carbocycles. The first-order valence-electron chi connectivity index (χ1n) is 13.2. The van der Waals surface area contributed by atoms with Gasteiger partial charge in [-0.2, -0.15) is 4.98 Å². The molecule has 0 radical (unpaired) electrons. The fourth-order valence-electron chi connectivity index (χ4n) is 5.09. The normalized spacial score (nSPS) is 15.5. The van der Waals surface area contributed by atoms with Gasteiger partial charge in [-0.3, -0.25) is 9.29 Å². The predicted octanol–water partition coefficient (Wildman–Crippen LogP) is 4.67. The van der Waals surface area contributed by atoms with E-state index in [0.717, 1.165) is 65.7 Å². The average Bonchev–Trinajstić information content (AvgIpc) is 3.23. The van der Waals surface area contributed by atoms with Crippen LogP contribution in [0.25, 0.3) is 16.9 Å². The van der Waals surface area contributed by atoms with Gasteiger partial charge in [0.25, 0.3) is 0 Å². The van der Waals surface area contributed by atoms with Crippen molar-refractivity contribution in [2.45, 2.75) is 38.8 Å². The van der Waals surface area contributed by atoms with Crippen LogP contribution in [-0.4, -0.2) is 61.4 Å². The molecule has 206 valence electrons. The van der Waals surface area contributed by atoms with E-state index in [1.165, 1.54) is 5.56 Å². The molecule has 39 heavy (non-hydrogen) atoms. The summed E-state index contributed by atoms with van der Waals surface area (Å²) >= 11 is 0. The molecule has 5 rings (SSSR count). The Morgan fingerprint density at radius 1 is 1.10 bits per heavy atom. The van der Waals surface area contributed by atoms with Crippen molar-refractivity contribution in [2.75, 3.05) is 43.5 Å². The summed E-state index contributed by atoms with van der Waals surface area (Å²) in [5.74, 6) is 1.35. The second-order valence-electron chi connectivity index (χ2n) is 10.4. The first-order chi connectivity index (χ1) is 18.7. The van der Waals surface area contributed by atoms with Gasteiger partial charge in [0, 0.05) is 29.7 Å². The number of aryl methyl sites for hydroxylation is 1. The van der Waals surface area contributed by atoms with E-state index in [1.807, 2.05) is 62.0 Å². The Bertz CT molecular complexity index is 1570. The summed E-state index contributed by atoms with van der Waals surface area (Å²) in [6.45, 7) is 4.08. The molecule has 9 nitrogen and oxygen atoms in total. The highest BCUT2D eigenvalue weighted by Crippen LogP contribution is 2.37. The maximum atomic E-state index is 12.0. The summed E-state index contributed by atoms with van der Waals surface area (Å²) < 4.78 is 35.0. The molecule has 0 fully saturated rings. The molecule has 0 saturated carbocycles. The van der Waals surface area contributed by atoms with E-state index >= 15 is 0 Å². The SMILES string of the molecule is Cc1cc2c(NS(C)(=O)=O)cccc2n1-c1nc(NCc2ccccc2)c2c(n1)[C@@H](OCCN(C)C)CCC2. The number of nitrogens with one attached hydrogen (secondary N) is 2. The fraction of sp³-hybridized carbons (Fsp3) is 0.379. The van der Waals surface area contributed by atoms with Gasteiger partial charge in [-0.1, -0.05) is 36.4 Å². The third kappa shape index (κ3) is 6.24. The first kappa shape index (κ1) is 27.1. The van der Waals surface area contributed by atoms with E-state index in [0.29, 0.717) is 24.8 Å². The molecular formula is C29H36N6O3S. The minimum Gasteiger partial charge on any atom is -0.371 e. The molecule has 0 saturated heterocycles. The van der Waals surface area contributed by atoms with Crippen LogP contribution in [0.5, 0.6) is 0 Å². The van der Waals surface area contributed by atoms with Gasteiger partial charge in [0.05, 0.1) is 29.8 Å². The van der Waals surface area contributed by atoms with Gasteiger partial charge in [0.1, 0.15) is 11.9 Å². The maximum Gasteiger partial charge on any atom is 0.236 e.